The van der Waals surface area contributed by atoms with E-state index < -0.39 is 5.97 Å². The van der Waals surface area contributed by atoms with E-state index in [1.165, 1.54) is 0 Å². The standard InChI is InChI=1S/C15H19NO4/c1-2-16-8-11(12(9-16)15(17)18)10-3-4-13-14(7-10)20-6-5-19-13/h3-4,7,11-12H,2,5-6,8-9H2,1H3,(H,17,18). The van der Waals surface area contributed by atoms with Crippen molar-refractivity contribution in [2.45, 2.75) is 12.8 Å². The molecular weight excluding hydrogens is 258 g/mol. The summed E-state index contributed by atoms with van der Waals surface area (Å²) in [4.78, 5) is 13.6. The van der Waals surface area contributed by atoms with E-state index >= 15 is 0 Å². The summed E-state index contributed by atoms with van der Waals surface area (Å²) in [5.41, 5.74) is 1.03. The number of likely N-dealkylation sites (tertiary alicyclic amines) is 1. The zero-order valence-electron chi connectivity index (χ0n) is 11.5. The third-order valence-corrected chi connectivity index (χ3v) is 4.15. The number of nitrogens with zero attached hydrogens (tertiary/aromatic N) is 1. The molecule has 1 aromatic carbocycles. The molecule has 0 spiro atoms. The van der Waals surface area contributed by atoms with Gasteiger partial charge in [-0.05, 0) is 24.2 Å². The van der Waals surface area contributed by atoms with Gasteiger partial charge < -0.3 is 19.5 Å². The Labute approximate surface area is 118 Å². The van der Waals surface area contributed by atoms with Crippen LogP contribution < -0.4 is 9.47 Å². The highest BCUT2D eigenvalue weighted by Gasteiger charge is 2.38. The minimum atomic E-state index is -0.721. The minimum absolute atomic E-state index is 0.0169. The van der Waals surface area contributed by atoms with Crippen LogP contribution in [-0.2, 0) is 4.79 Å². The second-order valence-corrected chi connectivity index (χ2v) is 5.31. The predicted molar refractivity (Wildman–Crippen MR) is 73.4 cm³/mol. The topological polar surface area (TPSA) is 59.0 Å². The van der Waals surface area contributed by atoms with Crippen LogP contribution in [0.15, 0.2) is 18.2 Å². The van der Waals surface area contributed by atoms with E-state index in [0.29, 0.717) is 19.8 Å². The van der Waals surface area contributed by atoms with Crippen LogP contribution >= 0.6 is 0 Å². The Morgan fingerprint density at radius 1 is 1.30 bits per heavy atom. The Bertz CT molecular complexity index is 517. The molecule has 1 fully saturated rings. The number of likely N-dealkylation sites (N-methyl/N-ethyl adjacent to an activating group) is 1. The van der Waals surface area contributed by atoms with Gasteiger partial charge in [0.05, 0.1) is 5.92 Å². The molecule has 2 unspecified atom stereocenters. The zero-order chi connectivity index (χ0) is 14.1. The van der Waals surface area contributed by atoms with Gasteiger partial charge in [0.2, 0.25) is 0 Å². The van der Waals surface area contributed by atoms with Crippen molar-refractivity contribution in [1.29, 1.82) is 0 Å². The molecular formula is C15H19NO4. The summed E-state index contributed by atoms with van der Waals surface area (Å²) in [6.45, 7) is 5.45. The highest BCUT2D eigenvalue weighted by atomic mass is 16.6. The predicted octanol–water partition coefficient (Wildman–Crippen LogP) is 1.58. The second-order valence-electron chi connectivity index (χ2n) is 5.31. The van der Waals surface area contributed by atoms with Crippen LogP contribution in [0.25, 0.3) is 0 Å². The number of ether oxygens (including phenoxy) is 2. The van der Waals surface area contributed by atoms with Crippen molar-refractivity contribution in [2.75, 3.05) is 32.8 Å². The van der Waals surface area contributed by atoms with E-state index in [2.05, 4.69) is 11.8 Å². The average Bonchev–Trinajstić information content (AvgIpc) is 2.91. The number of carbonyl (C=O) groups is 1. The highest BCUT2D eigenvalue weighted by molar-refractivity contribution is 5.72. The lowest BCUT2D eigenvalue weighted by atomic mass is 9.89. The summed E-state index contributed by atoms with van der Waals surface area (Å²) in [7, 11) is 0. The maximum atomic E-state index is 11.5. The van der Waals surface area contributed by atoms with Crippen molar-refractivity contribution < 1.29 is 19.4 Å². The molecule has 2 aliphatic heterocycles. The van der Waals surface area contributed by atoms with E-state index in [1.807, 2.05) is 18.2 Å². The number of hydrogen-bond donors (Lipinski definition) is 1. The van der Waals surface area contributed by atoms with Crippen molar-refractivity contribution in [2.24, 2.45) is 5.92 Å². The van der Waals surface area contributed by atoms with Crippen LogP contribution in [0.2, 0.25) is 0 Å². The number of fused-ring (bicyclic) bond motifs is 1. The summed E-state index contributed by atoms with van der Waals surface area (Å²) >= 11 is 0. The van der Waals surface area contributed by atoms with Crippen molar-refractivity contribution in [1.82, 2.24) is 4.90 Å². The molecule has 0 bridgehead atoms. The number of carboxylic acid groups (broad SMARTS) is 1. The number of hydrogen-bond acceptors (Lipinski definition) is 4. The first-order valence-electron chi connectivity index (χ1n) is 7.03. The number of carboxylic acids is 1. The summed E-state index contributed by atoms with van der Waals surface area (Å²) in [5.74, 6) is 0.423. The van der Waals surface area contributed by atoms with Gasteiger partial charge in [0.1, 0.15) is 13.2 Å². The van der Waals surface area contributed by atoms with Gasteiger partial charge in [-0.3, -0.25) is 4.79 Å². The van der Waals surface area contributed by atoms with Crippen LogP contribution in [0.1, 0.15) is 18.4 Å². The van der Waals surface area contributed by atoms with Gasteiger partial charge in [-0.1, -0.05) is 13.0 Å². The fraction of sp³-hybridized carbons (Fsp3) is 0.533. The molecule has 1 saturated heterocycles. The van der Waals surface area contributed by atoms with Crippen LogP contribution in [0.3, 0.4) is 0 Å². The third kappa shape index (κ3) is 2.33. The van der Waals surface area contributed by atoms with E-state index in [4.69, 9.17) is 9.47 Å². The quantitative estimate of drug-likeness (QED) is 0.909. The van der Waals surface area contributed by atoms with Crippen molar-refractivity contribution >= 4 is 5.97 Å². The molecule has 5 heteroatoms. The molecule has 1 aromatic rings. The molecule has 3 rings (SSSR count). The van der Waals surface area contributed by atoms with Crippen molar-refractivity contribution in [3.05, 3.63) is 23.8 Å². The van der Waals surface area contributed by atoms with Crippen LogP contribution in [0.4, 0.5) is 0 Å². The van der Waals surface area contributed by atoms with E-state index in [9.17, 15) is 9.90 Å². The molecule has 0 amide bonds. The van der Waals surface area contributed by atoms with Crippen molar-refractivity contribution in [3.8, 4) is 11.5 Å². The molecule has 1 N–H and O–H groups in total. The third-order valence-electron chi connectivity index (χ3n) is 4.15. The monoisotopic (exact) mass is 277 g/mol. The van der Waals surface area contributed by atoms with Crippen molar-refractivity contribution in [3.63, 3.8) is 0 Å². The molecule has 0 aromatic heterocycles. The lowest BCUT2D eigenvalue weighted by molar-refractivity contribution is -0.141. The maximum Gasteiger partial charge on any atom is 0.308 e. The fourth-order valence-electron chi connectivity index (χ4n) is 3.02. The molecule has 2 heterocycles. The fourth-order valence-corrected chi connectivity index (χ4v) is 3.02. The maximum absolute atomic E-state index is 11.5. The van der Waals surface area contributed by atoms with E-state index in [0.717, 1.165) is 30.2 Å². The Balaban J connectivity index is 1.89. The second kappa shape index (κ2) is 5.32. The van der Waals surface area contributed by atoms with Gasteiger partial charge in [-0.2, -0.15) is 0 Å². The Morgan fingerprint density at radius 2 is 2.05 bits per heavy atom. The molecule has 2 atom stereocenters. The first-order chi connectivity index (χ1) is 9.69. The van der Waals surface area contributed by atoms with Gasteiger partial charge in [0, 0.05) is 19.0 Å². The van der Waals surface area contributed by atoms with Gasteiger partial charge in [-0.25, -0.2) is 0 Å². The molecule has 108 valence electrons. The largest absolute Gasteiger partial charge is 0.486 e. The summed E-state index contributed by atoms with van der Waals surface area (Å²) in [5, 5.41) is 9.41. The molecule has 5 nitrogen and oxygen atoms in total. The van der Waals surface area contributed by atoms with Gasteiger partial charge in [-0.15, -0.1) is 0 Å². The van der Waals surface area contributed by atoms with E-state index in [-0.39, 0.29) is 11.8 Å². The number of aliphatic carboxylic acids is 1. The normalized spacial score (nSPS) is 25.6. The molecule has 20 heavy (non-hydrogen) atoms. The van der Waals surface area contributed by atoms with Crippen LogP contribution in [-0.4, -0.2) is 48.8 Å². The van der Waals surface area contributed by atoms with Gasteiger partial charge >= 0.3 is 5.97 Å². The smallest absolute Gasteiger partial charge is 0.308 e. The highest BCUT2D eigenvalue weighted by Crippen LogP contribution is 2.38. The summed E-state index contributed by atoms with van der Waals surface area (Å²) < 4.78 is 11.1. The molecule has 2 aliphatic rings. The number of rotatable bonds is 3. The van der Waals surface area contributed by atoms with Gasteiger partial charge in [0.15, 0.2) is 11.5 Å². The molecule has 0 radical (unpaired) electrons. The average molecular weight is 277 g/mol. The lowest BCUT2D eigenvalue weighted by Gasteiger charge is -2.21. The lowest BCUT2D eigenvalue weighted by Crippen LogP contribution is -2.23. The summed E-state index contributed by atoms with van der Waals surface area (Å²) in [6, 6.07) is 5.79. The van der Waals surface area contributed by atoms with Gasteiger partial charge in [0.25, 0.3) is 0 Å². The zero-order valence-corrected chi connectivity index (χ0v) is 11.5. The Hall–Kier alpha value is -1.75. The number of benzene rings is 1. The summed E-state index contributed by atoms with van der Waals surface area (Å²) in [6.07, 6.45) is 0. The Morgan fingerprint density at radius 3 is 2.75 bits per heavy atom. The Kier molecular flexibility index (Phi) is 3.53. The first kappa shape index (κ1) is 13.2. The SMILES string of the molecule is CCN1CC(C(=O)O)C(c2ccc3c(c2)OCCO3)C1. The first-order valence-corrected chi connectivity index (χ1v) is 7.03. The van der Waals surface area contributed by atoms with Crippen LogP contribution in [0, 0.1) is 5.92 Å². The molecule has 0 saturated carbocycles. The minimum Gasteiger partial charge on any atom is -0.486 e. The van der Waals surface area contributed by atoms with Crippen LogP contribution in [0.5, 0.6) is 11.5 Å². The van der Waals surface area contributed by atoms with E-state index in [1.54, 1.807) is 0 Å². The molecule has 0 aliphatic carbocycles.